The second-order valence-corrected chi connectivity index (χ2v) is 1.72. The molecule has 10 heavy (non-hydrogen) atoms. The zero-order valence-electron chi connectivity index (χ0n) is 4.83. The number of hydrogen-bond acceptors (Lipinski definition) is 1. The Morgan fingerprint density at radius 2 is 2.30 bits per heavy atom. The standard InChI is InChI=1S/C5H4BrF2NO/c6-2-1-5(10)9-3-4(7)8/h4H,3H2,(H,9,10). The summed E-state index contributed by atoms with van der Waals surface area (Å²) in [4.78, 5) is 12.4. The molecule has 0 aliphatic heterocycles. The first-order chi connectivity index (χ1) is 4.66. The third-order valence-electron chi connectivity index (χ3n) is 0.578. The van der Waals surface area contributed by atoms with Crippen LogP contribution in [0.1, 0.15) is 0 Å². The predicted molar refractivity (Wildman–Crippen MR) is 35.7 cm³/mol. The van der Waals surface area contributed by atoms with Crippen LogP contribution in [0.25, 0.3) is 0 Å². The highest BCUT2D eigenvalue weighted by molar-refractivity contribution is 9.12. The Morgan fingerprint density at radius 3 is 2.70 bits per heavy atom. The molecule has 0 aliphatic carbocycles. The van der Waals surface area contributed by atoms with Crippen molar-refractivity contribution in [3.8, 4) is 10.8 Å². The van der Waals surface area contributed by atoms with E-state index in [-0.39, 0.29) is 0 Å². The van der Waals surface area contributed by atoms with Gasteiger partial charge in [0.1, 0.15) is 0 Å². The molecule has 0 atom stereocenters. The third kappa shape index (κ3) is 5.51. The molecule has 0 spiro atoms. The second kappa shape index (κ2) is 5.18. The van der Waals surface area contributed by atoms with Crippen LogP contribution in [0.2, 0.25) is 0 Å². The van der Waals surface area contributed by atoms with Gasteiger partial charge in [-0.05, 0) is 4.83 Å². The second-order valence-electron chi connectivity index (χ2n) is 1.32. The first-order valence-corrected chi connectivity index (χ1v) is 3.13. The largest absolute Gasteiger partial charge is 0.340 e. The van der Waals surface area contributed by atoms with Gasteiger partial charge in [-0.25, -0.2) is 8.78 Å². The Hall–Kier alpha value is -0.630. The van der Waals surface area contributed by atoms with E-state index in [4.69, 9.17) is 0 Å². The van der Waals surface area contributed by atoms with Gasteiger partial charge in [0.2, 0.25) is 0 Å². The molecule has 1 N–H and O–H groups in total. The maximum absolute atomic E-state index is 11.4. The molecule has 0 unspecified atom stereocenters. The van der Waals surface area contributed by atoms with Gasteiger partial charge in [0.15, 0.2) is 0 Å². The molecule has 0 saturated heterocycles. The lowest BCUT2D eigenvalue weighted by Crippen LogP contribution is -2.26. The van der Waals surface area contributed by atoms with Crippen LogP contribution in [0, 0.1) is 10.8 Å². The summed E-state index contributed by atoms with van der Waals surface area (Å²) in [7, 11) is 0. The summed E-state index contributed by atoms with van der Waals surface area (Å²) in [6.45, 7) is -0.652. The van der Waals surface area contributed by atoms with Gasteiger partial charge in [0, 0.05) is 21.9 Å². The Morgan fingerprint density at radius 1 is 1.70 bits per heavy atom. The van der Waals surface area contributed by atoms with Crippen molar-refractivity contribution < 1.29 is 13.6 Å². The van der Waals surface area contributed by atoms with Crippen molar-refractivity contribution in [1.82, 2.24) is 5.32 Å². The van der Waals surface area contributed by atoms with Crippen LogP contribution in [-0.4, -0.2) is 18.9 Å². The lowest BCUT2D eigenvalue weighted by atomic mass is 10.6. The number of rotatable bonds is 2. The molecule has 0 aromatic heterocycles. The van der Waals surface area contributed by atoms with Gasteiger partial charge in [0.05, 0.1) is 6.54 Å². The van der Waals surface area contributed by atoms with Gasteiger partial charge >= 0.3 is 0 Å². The van der Waals surface area contributed by atoms with Crippen molar-refractivity contribution in [2.45, 2.75) is 6.43 Å². The van der Waals surface area contributed by atoms with Gasteiger partial charge in [-0.3, -0.25) is 4.79 Å². The number of carbonyl (C=O) groups excluding carboxylic acids is 1. The summed E-state index contributed by atoms with van der Waals surface area (Å²) in [5.74, 6) is 1.27. The molecular weight excluding hydrogens is 208 g/mol. The fraction of sp³-hybridized carbons (Fsp3) is 0.400. The third-order valence-corrected chi connectivity index (χ3v) is 0.776. The van der Waals surface area contributed by atoms with E-state index in [1.54, 1.807) is 0 Å². The van der Waals surface area contributed by atoms with Gasteiger partial charge in [0.25, 0.3) is 12.3 Å². The van der Waals surface area contributed by atoms with E-state index in [1.165, 1.54) is 0 Å². The monoisotopic (exact) mass is 211 g/mol. The van der Waals surface area contributed by atoms with E-state index in [0.29, 0.717) is 0 Å². The Labute approximate surface area is 65.1 Å². The highest BCUT2D eigenvalue weighted by atomic mass is 79.9. The molecule has 0 fully saturated rings. The molecule has 0 aromatic carbocycles. The molecule has 1 amide bonds. The lowest BCUT2D eigenvalue weighted by molar-refractivity contribution is -0.116. The molecule has 56 valence electrons. The van der Waals surface area contributed by atoms with Crippen LogP contribution in [0.3, 0.4) is 0 Å². The fourth-order valence-electron chi connectivity index (χ4n) is 0.257. The van der Waals surface area contributed by atoms with Crippen LogP contribution in [-0.2, 0) is 4.79 Å². The SMILES string of the molecule is O=C(C#CBr)NCC(F)F. The molecule has 0 radical (unpaired) electrons. The van der Waals surface area contributed by atoms with E-state index in [1.807, 2.05) is 11.2 Å². The minimum atomic E-state index is -2.53. The number of carbonyl (C=O) groups is 1. The highest BCUT2D eigenvalue weighted by Crippen LogP contribution is 1.86. The van der Waals surface area contributed by atoms with Crippen molar-refractivity contribution in [2.75, 3.05) is 6.54 Å². The Balaban J connectivity index is 3.47. The zero-order chi connectivity index (χ0) is 7.98. The van der Waals surface area contributed by atoms with Crippen LogP contribution in [0.4, 0.5) is 8.78 Å². The quantitative estimate of drug-likeness (QED) is 0.671. The molecule has 0 rings (SSSR count). The Bertz CT molecular complexity index is 172. The number of hydrogen-bond donors (Lipinski definition) is 1. The predicted octanol–water partition coefficient (Wildman–Crippen LogP) is 0.724. The Kier molecular flexibility index (Phi) is 4.85. The molecule has 0 heterocycles. The van der Waals surface area contributed by atoms with Crippen molar-refractivity contribution in [3.63, 3.8) is 0 Å². The van der Waals surface area contributed by atoms with Crippen LogP contribution < -0.4 is 5.32 Å². The van der Waals surface area contributed by atoms with E-state index in [0.717, 1.165) is 0 Å². The normalized spacial score (nSPS) is 8.40. The molecule has 0 bridgehead atoms. The van der Waals surface area contributed by atoms with Crippen molar-refractivity contribution in [3.05, 3.63) is 0 Å². The minimum Gasteiger partial charge on any atom is -0.340 e. The van der Waals surface area contributed by atoms with Crippen molar-refractivity contribution in [1.29, 1.82) is 0 Å². The summed E-state index contributed by atoms with van der Waals surface area (Å²) in [5.41, 5.74) is 0. The van der Waals surface area contributed by atoms with Crippen LogP contribution >= 0.6 is 15.9 Å². The first kappa shape index (κ1) is 9.37. The summed E-state index contributed by atoms with van der Waals surface area (Å²) >= 11 is 2.65. The van der Waals surface area contributed by atoms with E-state index < -0.39 is 18.9 Å². The molecule has 5 heteroatoms. The summed E-state index contributed by atoms with van der Waals surface area (Å²) in [6.07, 6.45) is -2.53. The average molecular weight is 212 g/mol. The number of halogens is 3. The topological polar surface area (TPSA) is 29.1 Å². The van der Waals surface area contributed by atoms with Gasteiger partial charge in [-0.1, -0.05) is 0 Å². The van der Waals surface area contributed by atoms with Gasteiger partial charge in [-0.2, -0.15) is 0 Å². The summed E-state index contributed by atoms with van der Waals surface area (Å²) in [6, 6.07) is 0. The van der Waals surface area contributed by atoms with Gasteiger partial charge < -0.3 is 5.32 Å². The smallest absolute Gasteiger partial charge is 0.296 e. The maximum Gasteiger partial charge on any atom is 0.296 e. The van der Waals surface area contributed by atoms with Gasteiger partial charge in [-0.15, -0.1) is 0 Å². The maximum atomic E-state index is 11.4. The van der Waals surface area contributed by atoms with Crippen molar-refractivity contribution >= 4 is 21.8 Å². The van der Waals surface area contributed by atoms with Crippen LogP contribution in [0.15, 0.2) is 0 Å². The van der Waals surface area contributed by atoms with Crippen molar-refractivity contribution in [2.24, 2.45) is 0 Å². The van der Waals surface area contributed by atoms with Crippen LogP contribution in [0.5, 0.6) is 0 Å². The fourth-order valence-corrected chi connectivity index (χ4v) is 0.437. The molecule has 2 nitrogen and oxygen atoms in total. The summed E-state index contributed by atoms with van der Waals surface area (Å²) in [5, 5.41) is 1.89. The lowest BCUT2D eigenvalue weighted by Gasteiger charge is -1.96. The first-order valence-electron chi connectivity index (χ1n) is 2.34. The molecule has 0 saturated carbocycles. The molecule has 0 aliphatic rings. The highest BCUT2D eigenvalue weighted by Gasteiger charge is 2.02. The molecular formula is C5H4BrF2NO. The number of amides is 1. The van der Waals surface area contributed by atoms with E-state index in [2.05, 4.69) is 20.8 Å². The van der Waals surface area contributed by atoms with E-state index >= 15 is 0 Å². The number of alkyl halides is 2. The summed E-state index contributed by atoms with van der Waals surface area (Å²) < 4.78 is 22.7. The average Bonchev–Trinajstić information content (AvgIpc) is 1.85. The number of nitrogens with one attached hydrogen (secondary N) is 1. The minimum absolute atomic E-state index is 0.652. The molecule has 0 aromatic rings. The van der Waals surface area contributed by atoms with E-state index in [9.17, 15) is 13.6 Å². The zero-order valence-corrected chi connectivity index (χ0v) is 6.41.